The van der Waals surface area contributed by atoms with Crippen LogP contribution in [0.25, 0.3) is 0 Å². The monoisotopic (exact) mass is 233 g/mol. The molecule has 0 aliphatic carbocycles. The molecule has 17 heavy (non-hydrogen) atoms. The van der Waals surface area contributed by atoms with Gasteiger partial charge in [-0.25, -0.2) is 0 Å². The van der Waals surface area contributed by atoms with Crippen molar-refractivity contribution in [2.45, 2.75) is 45.1 Å². The minimum Gasteiger partial charge on any atom is -0.380 e. The fraction of sp³-hybridized carbons (Fsp3) is 0.600. The maximum absolute atomic E-state index is 5.47. The van der Waals surface area contributed by atoms with Gasteiger partial charge in [0, 0.05) is 18.3 Å². The Morgan fingerprint density at radius 1 is 1.29 bits per heavy atom. The van der Waals surface area contributed by atoms with Crippen LogP contribution in [0.3, 0.4) is 0 Å². The molecule has 1 fully saturated rings. The summed E-state index contributed by atoms with van der Waals surface area (Å²) >= 11 is 0. The SMILES string of the molecule is CCCCc1ccc(NC2CCCOC2)cc1. The Hall–Kier alpha value is -1.02. The van der Waals surface area contributed by atoms with Gasteiger partial charge in [0.1, 0.15) is 0 Å². The van der Waals surface area contributed by atoms with E-state index in [0.29, 0.717) is 6.04 Å². The molecule has 0 aromatic heterocycles. The summed E-state index contributed by atoms with van der Waals surface area (Å²) in [6, 6.07) is 9.35. The molecular formula is C15H23NO. The summed E-state index contributed by atoms with van der Waals surface area (Å²) in [4.78, 5) is 0. The summed E-state index contributed by atoms with van der Waals surface area (Å²) in [6.07, 6.45) is 6.13. The average molecular weight is 233 g/mol. The largest absolute Gasteiger partial charge is 0.380 e. The van der Waals surface area contributed by atoms with E-state index in [4.69, 9.17) is 4.74 Å². The number of hydrogen-bond acceptors (Lipinski definition) is 2. The third-order valence-electron chi connectivity index (χ3n) is 3.30. The molecule has 2 heteroatoms. The van der Waals surface area contributed by atoms with Gasteiger partial charge in [0.25, 0.3) is 0 Å². The molecule has 0 bridgehead atoms. The predicted octanol–water partition coefficient (Wildman–Crippen LogP) is 3.62. The van der Waals surface area contributed by atoms with Crippen molar-refractivity contribution in [1.82, 2.24) is 0 Å². The van der Waals surface area contributed by atoms with Crippen molar-refractivity contribution < 1.29 is 4.74 Å². The van der Waals surface area contributed by atoms with Crippen LogP contribution in [-0.4, -0.2) is 19.3 Å². The Morgan fingerprint density at radius 2 is 2.12 bits per heavy atom. The number of anilines is 1. The van der Waals surface area contributed by atoms with E-state index >= 15 is 0 Å². The summed E-state index contributed by atoms with van der Waals surface area (Å²) < 4.78 is 5.47. The molecule has 1 atom stereocenters. The Balaban J connectivity index is 1.84. The molecule has 94 valence electrons. The van der Waals surface area contributed by atoms with Crippen LogP contribution < -0.4 is 5.32 Å². The van der Waals surface area contributed by atoms with Gasteiger partial charge in [-0.2, -0.15) is 0 Å². The van der Waals surface area contributed by atoms with E-state index in [1.165, 1.54) is 43.4 Å². The van der Waals surface area contributed by atoms with Crippen LogP contribution in [0.2, 0.25) is 0 Å². The highest BCUT2D eigenvalue weighted by atomic mass is 16.5. The highest BCUT2D eigenvalue weighted by molar-refractivity contribution is 5.45. The molecule has 1 aliphatic heterocycles. The summed E-state index contributed by atoms with van der Waals surface area (Å²) in [6.45, 7) is 4.00. The quantitative estimate of drug-likeness (QED) is 0.838. The van der Waals surface area contributed by atoms with Crippen molar-refractivity contribution in [3.63, 3.8) is 0 Å². The van der Waals surface area contributed by atoms with Crippen LogP contribution in [0, 0.1) is 0 Å². The van der Waals surface area contributed by atoms with Crippen LogP contribution in [0.5, 0.6) is 0 Å². The molecule has 0 amide bonds. The van der Waals surface area contributed by atoms with E-state index in [2.05, 4.69) is 36.5 Å². The molecule has 0 saturated carbocycles. The Bertz CT molecular complexity index is 314. The molecule has 2 nitrogen and oxygen atoms in total. The number of benzene rings is 1. The highest BCUT2D eigenvalue weighted by Gasteiger charge is 2.12. The molecule has 1 aromatic rings. The number of unbranched alkanes of at least 4 members (excludes halogenated alkanes) is 1. The fourth-order valence-electron chi connectivity index (χ4n) is 2.24. The van der Waals surface area contributed by atoms with Crippen molar-refractivity contribution in [3.05, 3.63) is 29.8 Å². The summed E-state index contributed by atoms with van der Waals surface area (Å²) in [5.41, 5.74) is 2.66. The molecule has 1 aromatic carbocycles. The topological polar surface area (TPSA) is 21.3 Å². The molecule has 1 aliphatic rings. The van der Waals surface area contributed by atoms with Crippen molar-refractivity contribution in [2.24, 2.45) is 0 Å². The molecular weight excluding hydrogens is 210 g/mol. The van der Waals surface area contributed by atoms with Crippen LogP contribution in [0.4, 0.5) is 5.69 Å². The Kier molecular flexibility index (Phi) is 4.87. The van der Waals surface area contributed by atoms with Gasteiger partial charge >= 0.3 is 0 Å². The molecule has 1 unspecified atom stereocenters. The Morgan fingerprint density at radius 3 is 2.76 bits per heavy atom. The first-order valence-electron chi connectivity index (χ1n) is 6.81. The number of ether oxygens (including phenoxy) is 1. The first kappa shape index (κ1) is 12.4. The smallest absolute Gasteiger partial charge is 0.0667 e. The van der Waals surface area contributed by atoms with Gasteiger partial charge in [-0.1, -0.05) is 25.5 Å². The third-order valence-corrected chi connectivity index (χ3v) is 3.30. The van der Waals surface area contributed by atoms with Gasteiger partial charge < -0.3 is 10.1 Å². The lowest BCUT2D eigenvalue weighted by atomic mass is 10.1. The number of rotatable bonds is 5. The normalized spacial score (nSPS) is 20.2. The lowest BCUT2D eigenvalue weighted by Crippen LogP contribution is -2.29. The van der Waals surface area contributed by atoms with Crippen LogP contribution >= 0.6 is 0 Å². The van der Waals surface area contributed by atoms with Gasteiger partial charge in [0.2, 0.25) is 0 Å². The van der Waals surface area contributed by atoms with Gasteiger partial charge in [-0.3, -0.25) is 0 Å². The highest BCUT2D eigenvalue weighted by Crippen LogP contribution is 2.16. The second kappa shape index (κ2) is 6.65. The molecule has 0 spiro atoms. The molecule has 1 saturated heterocycles. The Labute approximate surface area is 104 Å². The second-order valence-electron chi connectivity index (χ2n) is 4.86. The van der Waals surface area contributed by atoms with Crippen LogP contribution in [0.1, 0.15) is 38.2 Å². The first-order valence-corrected chi connectivity index (χ1v) is 6.81. The van der Waals surface area contributed by atoms with Gasteiger partial charge in [0.15, 0.2) is 0 Å². The minimum absolute atomic E-state index is 0.491. The van der Waals surface area contributed by atoms with Crippen LogP contribution in [0.15, 0.2) is 24.3 Å². The standard InChI is InChI=1S/C15H23NO/c1-2-3-5-13-7-9-14(10-8-13)16-15-6-4-11-17-12-15/h7-10,15-16H,2-6,11-12H2,1H3. The lowest BCUT2D eigenvalue weighted by molar-refractivity contribution is 0.0876. The van der Waals surface area contributed by atoms with Crippen molar-refractivity contribution in [3.8, 4) is 0 Å². The van der Waals surface area contributed by atoms with Crippen LogP contribution in [-0.2, 0) is 11.2 Å². The summed E-state index contributed by atoms with van der Waals surface area (Å²) in [7, 11) is 0. The fourth-order valence-corrected chi connectivity index (χ4v) is 2.24. The molecule has 1 heterocycles. The van der Waals surface area contributed by atoms with Gasteiger partial charge in [-0.05, 0) is 43.4 Å². The molecule has 0 radical (unpaired) electrons. The first-order chi connectivity index (χ1) is 8.38. The van der Waals surface area contributed by atoms with Crippen molar-refractivity contribution >= 4 is 5.69 Å². The lowest BCUT2D eigenvalue weighted by Gasteiger charge is -2.24. The zero-order chi connectivity index (χ0) is 11.9. The van der Waals surface area contributed by atoms with Gasteiger partial charge in [-0.15, -0.1) is 0 Å². The van der Waals surface area contributed by atoms with Crippen molar-refractivity contribution in [2.75, 3.05) is 18.5 Å². The van der Waals surface area contributed by atoms with E-state index in [1.807, 2.05) is 0 Å². The number of aryl methyl sites for hydroxylation is 1. The third kappa shape index (κ3) is 4.04. The van der Waals surface area contributed by atoms with E-state index in [1.54, 1.807) is 0 Å². The maximum Gasteiger partial charge on any atom is 0.0667 e. The van der Waals surface area contributed by atoms with Gasteiger partial charge in [0.05, 0.1) is 6.61 Å². The summed E-state index contributed by atoms with van der Waals surface area (Å²) in [5.74, 6) is 0. The van der Waals surface area contributed by atoms with Crippen molar-refractivity contribution in [1.29, 1.82) is 0 Å². The predicted molar refractivity (Wildman–Crippen MR) is 72.5 cm³/mol. The average Bonchev–Trinajstić information content (AvgIpc) is 2.39. The molecule has 1 N–H and O–H groups in total. The zero-order valence-electron chi connectivity index (χ0n) is 10.7. The number of hydrogen-bond donors (Lipinski definition) is 1. The number of nitrogens with one attached hydrogen (secondary N) is 1. The molecule has 2 rings (SSSR count). The minimum atomic E-state index is 0.491. The summed E-state index contributed by atoms with van der Waals surface area (Å²) in [5, 5.41) is 3.54. The maximum atomic E-state index is 5.47. The van der Waals surface area contributed by atoms with E-state index < -0.39 is 0 Å². The van der Waals surface area contributed by atoms with E-state index in [0.717, 1.165) is 13.2 Å². The zero-order valence-corrected chi connectivity index (χ0v) is 10.7. The van der Waals surface area contributed by atoms with E-state index in [9.17, 15) is 0 Å². The second-order valence-corrected chi connectivity index (χ2v) is 4.86. The van der Waals surface area contributed by atoms with E-state index in [-0.39, 0.29) is 0 Å².